The molecular formula is C17H33Cl2N3O. The van der Waals surface area contributed by atoms with Crippen LogP contribution in [0, 0.1) is 5.92 Å². The Morgan fingerprint density at radius 2 is 1.52 bits per heavy atom. The Labute approximate surface area is 153 Å². The van der Waals surface area contributed by atoms with Crippen LogP contribution in [-0.4, -0.2) is 53.5 Å². The van der Waals surface area contributed by atoms with E-state index in [1.807, 2.05) is 0 Å². The normalized spacial score (nSPS) is 33.0. The molecule has 1 aliphatic heterocycles. The summed E-state index contributed by atoms with van der Waals surface area (Å²) in [7, 11) is 0. The van der Waals surface area contributed by atoms with Crippen molar-refractivity contribution < 1.29 is 4.79 Å². The fourth-order valence-corrected chi connectivity index (χ4v) is 4.56. The number of rotatable bonds is 2. The number of amides is 1. The monoisotopic (exact) mass is 365 g/mol. The lowest BCUT2D eigenvalue weighted by atomic mass is 9.74. The molecule has 3 fully saturated rings. The zero-order valence-corrected chi connectivity index (χ0v) is 16.0. The smallest absolute Gasteiger partial charge is 0.227 e. The number of nitrogens with zero attached hydrogens (tertiary/aromatic N) is 2. The third kappa shape index (κ3) is 4.75. The number of carbonyl (C=O) groups excluding carboxylic acids is 1. The molecule has 0 aromatic heterocycles. The second-order valence-corrected chi connectivity index (χ2v) is 7.60. The fourth-order valence-electron chi connectivity index (χ4n) is 4.56. The van der Waals surface area contributed by atoms with Gasteiger partial charge in [-0.25, -0.2) is 0 Å². The maximum absolute atomic E-state index is 12.8. The van der Waals surface area contributed by atoms with E-state index in [1.165, 1.54) is 32.1 Å². The average Bonchev–Trinajstić information content (AvgIpc) is 3.00. The van der Waals surface area contributed by atoms with E-state index in [4.69, 9.17) is 5.73 Å². The highest BCUT2D eigenvalue weighted by molar-refractivity contribution is 5.85. The molecule has 1 heterocycles. The summed E-state index contributed by atoms with van der Waals surface area (Å²) in [5.74, 6) is 0.370. The highest BCUT2D eigenvalue weighted by Crippen LogP contribution is 2.33. The molecule has 23 heavy (non-hydrogen) atoms. The van der Waals surface area contributed by atoms with Crippen LogP contribution in [-0.2, 0) is 4.79 Å². The topological polar surface area (TPSA) is 49.6 Å². The standard InChI is InChI=1S/C17H31N3O.2ClH/c1-17(18)9-5-4-8-15(17)16(21)20-12-10-19(11-13-20)14-6-2-3-7-14;;/h14-15H,2-13,18H2,1H3;2*1H. The van der Waals surface area contributed by atoms with Gasteiger partial charge in [0.25, 0.3) is 0 Å². The summed E-state index contributed by atoms with van der Waals surface area (Å²) in [4.78, 5) is 17.5. The van der Waals surface area contributed by atoms with Crippen LogP contribution in [0.1, 0.15) is 58.3 Å². The van der Waals surface area contributed by atoms with E-state index >= 15 is 0 Å². The van der Waals surface area contributed by atoms with Crippen molar-refractivity contribution in [2.24, 2.45) is 11.7 Å². The third-order valence-corrected chi connectivity index (χ3v) is 6.02. The molecule has 2 unspecified atom stereocenters. The molecule has 0 bridgehead atoms. The Hall–Kier alpha value is -0.0300. The summed E-state index contributed by atoms with van der Waals surface area (Å²) in [5.41, 5.74) is 6.10. The molecule has 2 aliphatic carbocycles. The highest BCUT2D eigenvalue weighted by Gasteiger charge is 2.40. The molecule has 6 heteroatoms. The molecule has 1 amide bonds. The SMILES string of the molecule is CC1(N)CCCCC1C(=O)N1CCN(C2CCCC2)CC1.Cl.Cl. The van der Waals surface area contributed by atoms with Crippen LogP contribution in [0.4, 0.5) is 0 Å². The summed E-state index contributed by atoms with van der Waals surface area (Å²) in [6.07, 6.45) is 9.79. The number of nitrogens with two attached hydrogens (primary N) is 1. The van der Waals surface area contributed by atoms with Crippen molar-refractivity contribution in [3.8, 4) is 0 Å². The van der Waals surface area contributed by atoms with Gasteiger partial charge in [0.1, 0.15) is 0 Å². The third-order valence-electron chi connectivity index (χ3n) is 6.02. The minimum atomic E-state index is -0.294. The fraction of sp³-hybridized carbons (Fsp3) is 0.941. The van der Waals surface area contributed by atoms with E-state index in [0.29, 0.717) is 5.91 Å². The van der Waals surface area contributed by atoms with Crippen LogP contribution in [0.5, 0.6) is 0 Å². The van der Waals surface area contributed by atoms with Gasteiger partial charge in [0.15, 0.2) is 0 Å². The lowest BCUT2D eigenvalue weighted by Gasteiger charge is -2.43. The van der Waals surface area contributed by atoms with Crippen molar-refractivity contribution in [2.45, 2.75) is 69.9 Å². The Morgan fingerprint density at radius 3 is 2.09 bits per heavy atom. The number of piperazine rings is 1. The van der Waals surface area contributed by atoms with Crippen LogP contribution < -0.4 is 5.73 Å². The van der Waals surface area contributed by atoms with E-state index in [0.717, 1.165) is 51.5 Å². The zero-order valence-electron chi connectivity index (χ0n) is 14.3. The molecule has 2 atom stereocenters. The molecule has 136 valence electrons. The van der Waals surface area contributed by atoms with Crippen molar-refractivity contribution in [1.29, 1.82) is 0 Å². The predicted molar refractivity (Wildman–Crippen MR) is 99.5 cm³/mol. The van der Waals surface area contributed by atoms with Gasteiger partial charge >= 0.3 is 0 Å². The Bertz CT molecular complexity index is 378. The Morgan fingerprint density at radius 1 is 0.957 bits per heavy atom. The van der Waals surface area contributed by atoms with E-state index in [-0.39, 0.29) is 36.3 Å². The van der Waals surface area contributed by atoms with Gasteiger partial charge in [0, 0.05) is 37.8 Å². The number of carbonyl (C=O) groups is 1. The van der Waals surface area contributed by atoms with Gasteiger partial charge in [0.2, 0.25) is 5.91 Å². The second kappa shape index (κ2) is 8.89. The maximum atomic E-state index is 12.8. The van der Waals surface area contributed by atoms with Crippen LogP contribution in [0.3, 0.4) is 0 Å². The predicted octanol–water partition coefficient (Wildman–Crippen LogP) is 2.82. The van der Waals surface area contributed by atoms with E-state index in [1.54, 1.807) is 0 Å². The summed E-state index contributed by atoms with van der Waals surface area (Å²) in [6.45, 7) is 6.00. The minimum Gasteiger partial charge on any atom is -0.340 e. The van der Waals surface area contributed by atoms with Crippen molar-refractivity contribution in [3.05, 3.63) is 0 Å². The van der Waals surface area contributed by atoms with E-state index in [2.05, 4.69) is 16.7 Å². The van der Waals surface area contributed by atoms with Crippen LogP contribution >= 0.6 is 24.8 Å². The summed E-state index contributed by atoms with van der Waals surface area (Å²) in [5, 5.41) is 0. The molecule has 2 N–H and O–H groups in total. The first-order chi connectivity index (χ1) is 10.1. The van der Waals surface area contributed by atoms with Gasteiger partial charge in [0.05, 0.1) is 5.92 Å². The van der Waals surface area contributed by atoms with Gasteiger partial charge in [-0.2, -0.15) is 0 Å². The first-order valence-corrected chi connectivity index (χ1v) is 8.90. The summed E-state index contributed by atoms with van der Waals surface area (Å²) < 4.78 is 0. The van der Waals surface area contributed by atoms with Crippen LogP contribution in [0.25, 0.3) is 0 Å². The van der Waals surface area contributed by atoms with Gasteiger partial charge in [-0.3, -0.25) is 9.69 Å². The molecule has 3 rings (SSSR count). The average molecular weight is 366 g/mol. The quantitative estimate of drug-likeness (QED) is 0.818. The molecule has 0 spiro atoms. The van der Waals surface area contributed by atoms with Gasteiger partial charge in [-0.05, 0) is 32.6 Å². The highest BCUT2D eigenvalue weighted by atomic mass is 35.5. The number of hydrogen-bond acceptors (Lipinski definition) is 3. The first kappa shape index (κ1) is 21.0. The molecule has 0 aromatic rings. The lowest BCUT2D eigenvalue weighted by molar-refractivity contribution is -0.141. The molecule has 0 radical (unpaired) electrons. The Balaban J connectivity index is 0.00000132. The molecule has 2 saturated carbocycles. The van der Waals surface area contributed by atoms with Crippen molar-refractivity contribution in [1.82, 2.24) is 9.80 Å². The summed E-state index contributed by atoms with van der Waals surface area (Å²) >= 11 is 0. The molecule has 0 aromatic carbocycles. The second-order valence-electron chi connectivity index (χ2n) is 7.60. The van der Waals surface area contributed by atoms with Gasteiger partial charge in [-0.15, -0.1) is 24.8 Å². The minimum absolute atomic E-state index is 0. The van der Waals surface area contributed by atoms with Gasteiger partial charge < -0.3 is 10.6 Å². The zero-order chi connectivity index (χ0) is 14.9. The van der Waals surface area contributed by atoms with Crippen molar-refractivity contribution in [2.75, 3.05) is 26.2 Å². The van der Waals surface area contributed by atoms with Crippen LogP contribution in [0.15, 0.2) is 0 Å². The number of hydrogen-bond donors (Lipinski definition) is 1. The molecule has 3 aliphatic rings. The molecule has 1 saturated heterocycles. The largest absolute Gasteiger partial charge is 0.340 e. The Kier molecular flexibility index (Phi) is 8.12. The van der Waals surface area contributed by atoms with Crippen molar-refractivity contribution in [3.63, 3.8) is 0 Å². The maximum Gasteiger partial charge on any atom is 0.227 e. The lowest BCUT2D eigenvalue weighted by Crippen LogP contribution is -2.58. The summed E-state index contributed by atoms with van der Waals surface area (Å²) in [6, 6.07) is 0.789. The molecular weight excluding hydrogens is 333 g/mol. The first-order valence-electron chi connectivity index (χ1n) is 8.90. The number of halogens is 2. The van der Waals surface area contributed by atoms with Crippen molar-refractivity contribution >= 4 is 30.7 Å². The molecule has 4 nitrogen and oxygen atoms in total. The van der Waals surface area contributed by atoms with E-state index in [9.17, 15) is 4.79 Å². The van der Waals surface area contributed by atoms with Gasteiger partial charge in [-0.1, -0.05) is 25.7 Å². The van der Waals surface area contributed by atoms with E-state index < -0.39 is 0 Å². The van der Waals surface area contributed by atoms with Crippen LogP contribution in [0.2, 0.25) is 0 Å².